The fraction of sp³-hybridized carbons (Fsp3) is 0. The van der Waals surface area contributed by atoms with E-state index in [-0.39, 0.29) is 9.79 Å². The molecular weight excluding hydrogens is 819 g/mol. The first kappa shape index (κ1) is 38.2. The summed E-state index contributed by atoms with van der Waals surface area (Å²) >= 11 is 0. The van der Waals surface area contributed by atoms with E-state index in [1.165, 1.54) is 0 Å². The van der Waals surface area contributed by atoms with Crippen molar-refractivity contribution in [2.45, 2.75) is 9.79 Å². The predicted molar refractivity (Wildman–Crippen MR) is 262 cm³/mol. The Morgan fingerprint density at radius 1 is 0.308 bits per heavy atom. The van der Waals surface area contributed by atoms with Crippen LogP contribution in [0.25, 0.3) is 100 Å². The van der Waals surface area contributed by atoms with Gasteiger partial charge >= 0.3 is 0 Å². The maximum Gasteiger partial charge on any atom is 0.238 e. The fourth-order valence-electron chi connectivity index (χ4n) is 9.06. The van der Waals surface area contributed by atoms with E-state index in [4.69, 9.17) is 15.0 Å². The third-order valence-electron chi connectivity index (χ3n) is 12.2. The van der Waals surface area contributed by atoms with E-state index in [9.17, 15) is 8.42 Å². The van der Waals surface area contributed by atoms with Crippen LogP contribution in [0.15, 0.2) is 234 Å². The number of hydrogen-bond acceptors (Lipinski definition) is 5. The lowest BCUT2D eigenvalue weighted by Gasteiger charge is -2.11. The highest BCUT2D eigenvalue weighted by molar-refractivity contribution is 7.91. The van der Waals surface area contributed by atoms with E-state index < -0.39 is 9.84 Å². The van der Waals surface area contributed by atoms with Crippen molar-refractivity contribution in [2.24, 2.45) is 0 Å². The molecule has 0 fully saturated rings. The number of sulfone groups is 1. The molecule has 0 saturated heterocycles. The van der Waals surface area contributed by atoms with Crippen LogP contribution >= 0.6 is 0 Å². The minimum Gasteiger partial charge on any atom is -0.309 e. The highest BCUT2D eigenvalue weighted by atomic mass is 32.2. The molecule has 0 spiro atoms. The quantitative estimate of drug-likeness (QED) is 0.152. The highest BCUT2D eigenvalue weighted by Crippen LogP contribution is 2.38. The fourth-order valence-corrected chi connectivity index (χ4v) is 10.3. The molecule has 0 unspecified atom stereocenters. The Morgan fingerprint density at radius 3 is 1.18 bits per heavy atom. The molecule has 0 aliphatic carbocycles. The molecule has 0 N–H and O–H groups in total. The molecule has 0 aliphatic heterocycles. The van der Waals surface area contributed by atoms with Crippen LogP contribution in [0.4, 0.5) is 0 Å². The Labute approximate surface area is 375 Å². The molecule has 12 rings (SSSR count). The Kier molecular flexibility index (Phi) is 9.06. The smallest absolute Gasteiger partial charge is 0.238 e. The third kappa shape index (κ3) is 6.58. The summed E-state index contributed by atoms with van der Waals surface area (Å²) in [6.45, 7) is 0. The first-order valence-corrected chi connectivity index (χ1v) is 22.9. The van der Waals surface area contributed by atoms with Crippen molar-refractivity contribution >= 4 is 53.4 Å². The maximum absolute atomic E-state index is 14.1. The van der Waals surface area contributed by atoms with E-state index in [1.54, 1.807) is 24.3 Å². The number of hydrogen-bond donors (Lipinski definition) is 0. The molecule has 12 aromatic rings. The number of fused-ring (bicyclic) bond motifs is 6. The number of benzene rings is 9. The molecule has 9 aromatic carbocycles. The lowest BCUT2D eigenvalue weighted by molar-refractivity contribution is 0.596. The number of rotatable bonds is 8. The second-order valence-electron chi connectivity index (χ2n) is 16.1. The van der Waals surface area contributed by atoms with Gasteiger partial charge in [0.05, 0.1) is 31.9 Å². The van der Waals surface area contributed by atoms with Crippen molar-refractivity contribution in [3.63, 3.8) is 0 Å². The first-order chi connectivity index (χ1) is 32.0. The third-order valence-corrected chi connectivity index (χ3v) is 14.0. The second-order valence-corrected chi connectivity index (χ2v) is 18.0. The molecule has 0 radical (unpaired) electrons. The Hall–Kier alpha value is -8.46. The van der Waals surface area contributed by atoms with E-state index in [1.807, 2.05) is 103 Å². The molecule has 3 heterocycles. The van der Waals surface area contributed by atoms with Gasteiger partial charge in [0, 0.05) is 38.4 Å². The molecule has 0 atom stereocenters. The van der Waals surface area contributed by atoms with Gasteiger partial charge in [0.2, 0.25) is 15.8 Å². The van der Waals surface area contributed by atoms with Gasteiger partial charge in [-0.25, -0.2) is 13.4 Å². The van der Waals surface area contributed by atoms with Crippen molar-refractivity contribution in [3.8, 4) is 56.7 Å². The second kappa shape index (κ2) is 15.4. The van der Waals surface area contributed by atoms with Crippen LogP contribution in [0.3, 0.4) is 0 Å². The van der Waals surface area contributed by atoms with Gasteiger partial charge in [0.15, 0.2) is 11.6 Å². The minimum atomic E-state index is -3.79. The summed E-state index contributed by atoms with van der Waals surface area (Å²) in [6, 6.07) is 74.1. The van der Waals surface area contributed by atoms with Crippen LogP contribution in [0, 0.1) is 0 Å². The zero-order valence-corrected chi connectivity index (χ0v) is 35.6. The van der Waals surface area contributed by atoms with Gasteiger partial charge in [-0.2, -0.15) is 9.97 Å². The zero-order chi connectivity index (χ0) is 43.5. The van der Waals surface area contributed by atoms with Crippen LogP contribution in [0.2, 0.25) is 0 Å². The van der Waals surface area contributed by atoms with Crippen LogP contribution < -0.4 is 0 Å². The lowest BCUT2D eigenvalue weighted by Crippen LogP contribution is -2.06. The molecule has 7 nitrogen and oxygen atoms in total. The normalized spacial score (nSPS) is 11.8. The molecule has 0 bridgehead atoms. The van der Waals surface area contributed by atoms with E-state index in [0.29, 0.717) is 17.6 Å². The van der Waals surface area contributed by atoms with Gasteiger partial charge in [0.1, 0.15) is 0 Å². The van der Waals surface area contributed by atoms with Crippen molar-refractivity contribution in [3.05, 3.63) is 224 Å². The lowest BCUT2D eigenvalue weighted by atomic mass is 10.0. The molecular formula is C57H37N5O2S. The number of para-hydroxylation sites is 3. The molecule has 308 valence electrons. The average molecular weight is 856 g/mol. The molecule has 0 aliphatic rings. The van der Waals surface area contributed by atoms with Gasteiger partial charge in [0.25, 0.3) is 0 Å². The molecule has 8 heteroatoms. The zero-order valence-electron chi connectivity index (χ0n) is 34.8. The molecule has 3 aromatic heterocycles. The van der Waals surface area contributed by atoms with Crippen molar-refractivity contribution in [1.29, 1.82) is 0 Å². The summed E-state index contributed by atoms with van der Waals surface area (Å²) in [5.74, 6) is 1.70. The summed E-state index contributed by atoms with van der Waals surface area (Å²) < 4.78 is 32.5. The summed E-state index contributed by atoms with van der Waals surface area (Å²) in [7, 11) is -3.79. The van der Waals surface area contributed by atoms with E-state index in [2.05, 4.69) is 106 Å². The number of aromatic nitrogens is 5. The van der Waals surface area contributed by atoms with Gasteiger partial charge in [-0.05, 0) is 95.1 Å². The van der Waals surface area contributed by atoms with Crippen LogP contribution in [0.1, 0.15) is 0 Å². The van der Waals surface area contributed by atoms with Crippen LogP contribution in [-0.4, -0.2) is 32.5 Å². The molecule has 65 heavy (non-hydrogen) atoms. The number of nitrogens with zero attached hydrogens (tertiary/aromatic N) is 5. The maximum atomic E-state index is 14.1. The Morgan fingerprint density at radius 2 is 0.692 bits per heavy atom. The van der Waals surface area contributed by atoms with Gasteiger partial charge in [-0.3, -0.25) is 4.57 Å². The molecule has 0 saturated carbocycles. The summed E-state index contributed by atoms with van der Waals surface area (Å²) in [6.07, 6.45) is 0. The van der Waals surface area contributed by atoms with Gasteiger partial charge < -0.3 is 4.57 Å². The average Bonchev–Trinajstić information content (AvgIpc) is 3.89. The van der Waals surface area contributed by atoms with Crippen LogP contribution in [0.5, 0.6) is 0 Å². The van der Waals surface area contributed by atoms with E-state index >= 15 is 0 Å². The Bertz CT molecular complexity index is 3810. The standard InChI is InChI=1S/C57H37N5O2S/c63-65(64,45-30-24-38(25-31-45)42-28-34-53-49(36-42)47-20-10-12-22-51(47)61(53)44-18-8-3-9-19-44)46-32-26-39(27-33-46)43-29-35-54-50(37-43)48-21-11-13-23-52(48)62(54)57-59-55(40-14-4-1-5-15-40)58-56(60-57)41-16-6-2-7-17-41/h1-37H. The highest BCUT2D eigenvalue weighted by Gasteiger charge is 2.21. The van der Waals surface area contributed by atoms with Gasteiger partial charge in [-0.1, -0.05) is 152 Å². The molecule has 0 amide bonds. The van der Waals surface area contributed by atoms with Crippen molar-refractivity contribution in [2.75, 3.05) is 0 Å². The Balaban J connectivity index is 0.863. The summed E-state index contributed by atoms with van der Waals surface area (Å²) in [4.78, 5) is 15.5. The van der Waals surface area contributed by atoms with Gasteiger partial charge in [-0.15, -0.1) is 0 Å². The monoisotopic (exact) mass is 855 g/mol. The predicted octanol–water partition coefficient (Wildman–Crippen LogP) is 13.6. The van der Waals surface area contributed by atoms with Crippen molar-refractivity contribution < 1.29 is 8.42 Å². The largest absolute Gasteiger partial charge is 0.309 e. The topological polar surface area (TPSA) is 82.7 Å². The minimum absolute atomic E-state index is 0.236. The first-order valence-electron chi connectivity index (χ1n) is 21.4. The summed E-state index contributed by atoms with van der Waals surface area (Å²) in [5.41, 5.74) is 10.9. The SMILES string of the molecule is O=S(=O)(c1ccc(-c2ccc3c(c2)c2ccccc2n3-c2ccccc2)cc1)c1ccc(-c2ccc3c(c2)c2ccccc2n3-c2nc(-c3ccccc3)nc(-c3ccccc3)n2)cc1. The van der Waals surface area contributed by atoms with E-state index in [0.717, 1.165) is 82.7 Å². The van der Waals surface area contributed by atoms with Crippen LogP contribution in [-0.2, 0) is 9.84 Å². The summed E-state index contributed by atoms with van der Waals surface area (Å²) in [5, 5.41) is 4.38. The van der Waals surface area contributed by atoms with Crippen molar-refractivity contribution in [1.82, 2.24) is 24.1 Å².